The van der Waals surface area contributed by atoms with Gasteiger partial charge in [-0.15, -0.1) is 0 Å². The fourth-order valence-electron chi connectivity index (χ4n) is 1.68. The highest BCUT2D eigenvalue weighted by molar-refractivity contribution is 7.89. The maximum Gasteiger partial charge on any atom is 0.276 e. The molecule has 2 aromatic rings. The lowest BCUT2D eigenvalue weighted by atomic mass is 10.3. The first kappa shape index (κ1) is 14.2. The quantitative estimate of drug-likeness (QED) is 0.865. The smallest absolute Gasteiger partial charge is 0.276 e. The molecule has 0 radical (unpaired) electrons. The summed E-state index contributed by atoms with van der Waals surface area (Å²) >= 11 is 0. The summed E-state index contributed by atoms with van der Waals surface area (Å²) in [4.78, 5) is 11.9. The van der Waals surface area contributed by atoms with Crippen molar-refractivity contribution in [3.63, 3.8) is 0 Å². The van der Waals surface area contributed by atoms with Gasteiger partial charge in [0, 0.05) is 12.7 Å². The average Bonchev–Trinajstić information content (AvgIpc) is 2.69. The molecule has 8 heteroatoms. The van der Waals surface area contributed by atoms with E-state index in [0.29, 0.717) is 0 Å². The first-order valence-corrected chi connectivity index (χ1v) is 7.27. The van der Waals surface area contributed by atoms with E-state index in [1.54, 1.807) is 23.9 Å². The normalized spacial score (nSPS) is 11.3. The Morgan fingerprint density at radius 3 is 2.55 bits per heavy atom. The lowest BCUT2D eigenvalue weighted by Crippen LogP contribution is -2.18. The Labute approximate surface area is 116 Å². The van der Waals surface area contributed by atoms with Gasteiger partial charge in [-0.25, -0.2) is 13.6 Å². The standard InChI is InChI=1S/C12H14N4O3S/c1-8-7-10(15-16(8)2)12(17)14-9-5-3-4-6-11(9)20(13,18)19/h3-7H,1-2H3,(H,14,17)(H2,13,18,19). The number of amides is 1. The van der Waals surface area contributed by atoms with E-state index in [9.17, 15) is 13.2 Å². The SMILES string of the molecule is Cc1cc(C(=O)Nc2ccccc2S(N)(=O)=O)nn1C. The minimum Gasteiger partial charge on any atom is -0.319 e. The summed E-state index contributed by atoms with van der Waals surface area (Å²) in [6, 6.07) is 7.53. The van der Waals surface area contributed by atoms with Crippen LogP contribution in [0, 0.1) is 6.92 Å². The number of aromatic nitrogens is 2. The molecule has 2 rings (SSSR count). The van der Waals surface area contributed by atoms with E-state index in [1.165, 1.54) is 18.2 Å². The molecule has 0 saturated carbocycles. The van der Waals surface area contributed by atoms with Crippen molar-refractivity contribution in [1.29, 1.82) is 0 Å². The molecule has 7 nitrogen and oxygen atoms in total. The van der Waals surface area contributed by atoms with Gasteiger partial charge in [-0.3, -0.25) is 9.48 Å². The molecule has 1 aromatic heterocycles. The van der Waals surface area contributed by atoms with E-state index >= 15 is 0 Å². The first-order valence-electron chi connectivity index (χ1n) is 5.73. The Morgan fingerprint density at radius 2 is 2.00 bits per heavy atom. The summed E-state index contributed by atoms with van der Waals surface area (Å²) in [5.74, 6) is -0.496. The predicted octanol–water partition coefficient (Wildman–Crippen LogP) is 0.628. The molecule has 3 N–H and O–H groups in total. The van der Waals surface area contributed by atoms with Crippen molar-refractivity contribution < 1.29 is 13.2 Å². The molecule has 0 unspecified atom stereocenters. The van der Waals surface area contributed by atoms with E-state index in [1.807, 2.05) is 6.92 Å². The van der Waals surface area contributed by atoms with Crippen molar-refractivity contribution in [2.24, 2.45) is 12.2 Å². The average molecular weight is 294 g/mol. The zero-order valence-electron chi connectivity index (χ0n) is 11.0. The van der Waals surface area contributed by atoms with E-state index in [0.717, 1.165) is 5.69 Å². The number of sulfonamides is 1. The summed E-state index contributed by atoms with van der Waals surface area (Å²) in [7, 11) is -2.19. The van der Waals surface area contributed by atoms with Crippen LogP contribution in [0.1, 0.15) is 16.2 Å². The fraction of sp³-hybridized carbons (Fsp3) is 0.167. The van der Waals surface area contributed by atoms with Gasteiger partial charge in [-0.05, 0) is 25.1 Å². The highest BCUT2D eigenvalue weighted by Gasteiger charge is 2.17. The predicted molar refractivity (Wildman–Crippen MR) is 73.7 cm³/mol. The van der Waals surface area contributed by atoms with Gasteiger partial charge in [0.1, 0.15) is 4.90 Å². The second-order valence-electron chi connectivity index (χ2n) is 4.29. The minimum absolute atomic E-state index is 0.128. The molecule has 106 valence electrons. The number of hydrogen-bond donors (Lipinski definition) is 2. The second kappa shape index (κ2) is 5.06. The van der Waals surface area contributed by atoms with Crippen molar-refractivity contribution in [3.8, 4) is 0 Å². The zero-order chi connectivity index (χ0) is 14.9. The number of anilines is 1. The molecule has 1 amide bonds. The number of aryl methyl sites for hydroxylation is 2. The summed E-state index contributed by atoms with van der Waals surface area (Å²) in [6.45, 7) is 1.81. The van der Waals surface area contributed by atoms with Crippen LogP contribution in [-0.4, -0.2) is 24.1 Å². The maximum absolute atomic E-state index is 12.0. The van der Waals surface area contributed by atoms with Gasteiger partial charge < -0.3 is 5.32 Å². The number of carbonyl (C=O) groups excluding carboxylic acids is 1. The molecule has 0 aliphatic carbocycles. The maximum atomic E-state index is 12.0. The molecule has 0 bridgehead atoms. The largest absolute Gasteiger partial charge is 0.319 e. The number of nitrogens with zero attached hydrogens (tertiary/aromatic N) is 2. The van der Waals surface area contributed by atoms with Gasteiger partial charge in [0.25, 0.3) is 5.91 Å². The third-order valence-electron chi connectivity index (χ3n) is 2.79. The third kappa shape index (κ3) is 2.86. The molecule has 20 heavy (non-hydrogen) atoms. The molecule has 0 saturated heterocycles. The highest BCUT2D eigenvalue weighted by Crippen LogP contribution is 2.20. The van der Waals surface area contributed by atoms with Gasteiger partial charge in [-0.1, -0.05) is 12.1 Å². The molecule has 0 aliphatic heterocycles. The zero-order valence-corrected chi connectivity index (χ0v) is 11.8. The number of benzene rings is 1. The first-order chi connectivity index (χ1) is 9.29. The minimum atomic E-state index is -3.90. The molecular formula is C12H14N4O3S. The summed E-state index contributed by atoms with van der Waals surface area (Å²) in [5, 5.41) is 11.6. The van der Waals surface area contributed by atoms with Crippen LogP contribution in [0.3, 0.4) is 0 Å². The molecule has 0 aliphatic rings. The second-order valence-corrected chi connectivity index (χ2v) is 5.82. The molecule has 0 atom stereocenters. The third-order valence-corrected chi connectivity index (χ3v) is 3.76. The molecule has 0 spiro atoms. The van der Waals surface area contributed by atoms with Crippen LogP contribution >= 0.6 is 0 Å². The van der Waals surface area contributed by atoms with Crippen molar-refractivity contribution >= 4 is 21.6 Å². The van der Waals surface area contributed by atoms with E-state index < -0.39 is 15.9 Å². The number of rotatable bonds is 3. The van der Waals surface area contributed by atoms with E-state index in [4.69, 9.17) is 5.14 Å². The molecule has 1 aromatic carbocycles. The summed E-state index contributed by atoms with van der Waals surface area (Å²) < 4.78 is 24.4. The number of carbonyl (C=O) groups is 1. The van der Waals surface area contributed by atoms with Crippen molar-refractivity contribution in [2.75, 3.05) is 5.32 Å². The fourth-order valence-corrected chi connectivity index (χ4v) is 2.37. The number of nitrogens with two attached hydrogens (primary N) is 1. The van der Waals surface area contributed by atoms with Gasteiger partial charge in [0.2, 0.25) is 10.0 Å². The Balaban J connectivity index is 2.33. The molecular weight excluding hydrogens is 280 g/mol. The van der Waals surface area contributed by atoms with Crippen molar-refractivity contribution in [1.82, 2.24) is 9.78 Å². The van der Waals surface area contributed by atoms with Gasteiger partial charge >= 0.3 is 0 Å². The summed E-state index contributed by atoms with van der Waals surface area (Å²) in [5.41, 5.74) is 1.15. The Kier molecular flexibility index (Phi) is 3.60. The topological polar surface area (TPSA) is 107 Å². The van der Waals surface area contributed by atoms with Crippen molar-refractivity contribution in [2.45, 2.75) is 11.8 Å². The lowest BCUT2D eigenvalue weighted by molar-refractivity contribution is 0.102. The Morgan fingerprint density at radius 1 is 1.35 bits per heavy atom. The van der Waals surface area contributed by atoms with Crippen LogP contribution in [0.15, 0.2) is 35.2 Å². The summed E-state index contributed by atoms with van der Waals surface area (Å²) in [6.07, 6.45) is 0. The lowest BCUT2D eigenvalue weighted by Gasteiger charge is -2.08. The van der Waals surface area contributed by atoms with Crippen LogP contribution in [0.2, 0.25) is 0 Å². The van der Waals surface area contributed by atoms with E-state index in [-0.39, 0.29) is 16.3 Å². The highest BCUT2D eigenvalue weighted by atomic mass is 32.2. The Bertz CT molecular complexity index is 745. The van der Waals surface area contributed by atoms with Crippen molar-refractivity contribution in [3.05, 3.63) is 41.7 Å². The van der Waals surface area contributed by atoms with Crippen LogP contribution in [-0.2, 0) is 17.1 Å². The van der Waals surface area contributed by atoms with Gasteiger partial charge in [0.15, 0.2) is 5.69 Å². The van der Waals surface area contributed by atoms with Crippen LogP contribution in [0.25, 0.3) is 0 Å². The number of para-hydroxylation sites is 1. The molecule has 1 heterocycles. The number of primary sulfonamides is 1. The molecule has 0 fully saturated rings. The van der Waals surface area contributed by atoms with Gasteiger partial charge in [0.05, 0.1) is 5.69 Å². The van der Waals surface area contributed by atoms with Crippen LogP contribution < -0.4 is 10.5 Å². The van der Waals surface area contributed by atoms with Gasteiger partial charge in [-0.2, -0.15) is 5.10 Å². The van der Waals surface area contributed by atoms with Crippen LogP contribution in [0.4, 0.5) is 5.69 Å². The van der Waals surface area contributed by atoms with Crippen LogP contribution in [0.5, 0.6) is 0 Å². The Hall–Kier alpha value is -2.19. The van der Waals surface area contributed by atoms with E-state index in [2.05, 4.69) is 10.4 Å². The number of hydrogen-bond acceptors (Lipinski definition) is 4. The number of nitrogens with one attached hydrogen (secondary N) is 1. The monoisotopic (exact) mass is 294 g/mol.